The molecule has 1 aromatic rings. The van der Waals surface area contributed by atoms with Gasteiger partial charge in [0.15, 0.2) is 0 Å². The summed E-state index contributed by atoms with van der Waals surface area (Å²) in [6.45, 7) is 1.42. The predicted octanol–water partition coefficient (Wildman–Crippen LogP) is 1.98. The highest BCUT2D eigenvalue weighted by Gasteiger charge is 2.31. The SMILES string of the molecule is CSc1ccc([C@@]2(N)CCOC2)cc1. The molecule has 14 heavy (non-hydrogen) atoms. The van der Waals surface area contributed by atoms with Crippen molar-refractivity contribution in [3.8, 4) is 0 Å². The van der Waals surface area contributed by atoms with E-state index in [1.807, 2.05) is 0 Å². The van der Waals surface area contributed by atoms with E-state index in [1.54, 1.807) is 11.8 Å². The Bertz CT molecular complexity index is 304. The van der Waals surface area contributed by atoms with Gasteiger partial charge in [0.25, 0.3) is 0 Å². The fourth-order valence-electron chi connectivity index (χ4n) is 1.73. The van der Waals surface area contributed by atoms with E-state index in [0.717, 1.165) is 13.0 Å². The third-order valence-electron chi connectivity index (χ3n) is 2.72. The Balaban J connectivity index is 2.23. The lowest BCUT2D eigenvalue weighted by Crippen LogP contribution is -2.36. The van der Waals surface area contributed by atoms with E-state index in [4.69, 9.17) is 10.5 Å². The third-order valence-corrected chi connectivity index (χ3v) is 3.46. The Kier molecular flexibility index (Phi) is 2.81. The molecular weight excluding hydrogens is 194 g/mol. The van der Waals surface area contributed by atoms with Crippen LogP contribution >= 0.6 is 11.8 Å². The first-order chi connectivity index (χ1) is 6.74. The van der Waals surface area contributed by atoms with E-state index in [2.05, 4.69) is 30.5 Å². The minimum atomic E-state index is -0.253. The van der Waals surface area contributed by atoms with Crippen LogP contribution in [-0.2, 0) is 10.3 Å². The van der Waals surface area contributed by atoms with Gasteiger partial charge in [0.1, 0.15) is 0 Å². The van der Waals surface area contributed by atoms with Crippen molar-refractivity contribution in [3.05, 3.63) is 29.8 Å². The van der Waals surface area contributed by atoms with Crippen LogP contribution in [0.3, 0.4) is 0 Å². The van der Waals surface area contributed by atoms with Crippen molar-refractivity contribution in [1.29, 1.82) is 0 Å². The lowest BCUT2D eigenvalue weighted by Gasteiger charge is -2.22. The predicted molar refractivity (Wildman–Crippen MR) is 59.5 cm³/mol. The fourth-order valence-corrected chi connectivity index (χ4v) is 2.14. The Hall–Kier alpha value is -0.510. The molecule has 0 radical (unpaired) electrons. The molecule has 3 heteroatoms. The normalized spacial score (nSPS) is 26.7. The summed E-state index contributed by atoms with van der Waals surface area (Å²) in [6.07, 6.45) is 3.00. The summed E-state index contributed by atoms with van der Waals surface area (Å²) in [6, 6.07) is 8.46. The largest absolute Gasteiger partial charge is 0.379 e. The van der Waals surface area contributed by atoms with E-state index >= 15 is 0 Å². The standard InChI is InChI=1S/C11H15NOS/c1-14-10-4-2-9(3-5-10)11(12)6-7-13-8-11/h2-5H,6-8,12H2,1H3/t11-/m1/s1. The van der Waals surface area contributed by atoms with Crippen LogP contribution in [0, 0.1) is 0 Å². The maximum Gasteiger partial charge on any atom is 0.0689 e. The molecule has 1 atom stereocenters. The van der Waals surface area contributed by atoms with Crippen LogP contribution in [0.15, 0.2) is 29.2 Å². The van der Waals surface area contributed by atoms with Gasteiger partial charge in [-0.3, -0.25) is 0 Å². The van der Waals surface area contributed by atoms with Crippen LogP contribution < -0.4 is 5.73 Å². The molecule has 1 aromatic carbocycles. The molecule has 0 saturated carbocycles. The Morgan fingerprint density at radius 2 is 2.07 bits per heavy atom. The van der Waals surface area contributed by atoms with E-state index < -0.39 is 0 Å². The fraction of sp³-hybridized carbons (Fsp3) is 0.455. The molecule has 76 valence electrons. The van der Waals surface area contributed by atoms with Crippen LogP contribution in [-0.4, -0.2) is 19.5 Å². The molecule has 0 amide bonds. The molecule has 0 spiro atoms. The zero-order chi connectivity index (χ0) is 10.0. The van der Waals surface area contributed by atoms with Gasteiger partial charge in [0, 0.05) is 11.5 Å². The second kappa shape index (κ2) is 3.93. The summed E-state index contributed by atoms with van der Waals surface area (Å²) < 4.78 is 5.34. The molecule has 0 aromatic heterocycles. The van der Waals surface area contributed by atoms with Gasteiger partial charge in [-0.1, -0.05) is 12.1 Å². The van der Waals surface area contributed by atoms with Crippen LogP contribution in [0.4, 0.5) is 0 Å². The molecular formula is C11H15NOS. The summed E-state index contributed by atoms with van der Waals surface area (Å²) in [4.78, 5) is 1.27. The number of rotatable bonds is 2. The van der Waals surface area contributed by atoms with Crippen LogP contribution in [0.25, 0.3) is 0 Å². The highest BCUT2D eigenvalue weighted by Crippen LogP contribution is 2.28. The van der Waals surface area contributed by atoms with Gasteiger partial charge in [-0.05, 0) is 30.4 Å². The lowest BCUT2D eigenvalue weighted by atomic mass is 9.91. The molecule has 1 fully saturated rings. The molecule has 1 aliphatic heterocycles. The number of hydrogen-bond donors (Lipinski definition) is 1. The first kappa shape index (κ1) is 10.0. The molecule has 2 rings (SSSR count). The molecule has 0 unspecified atom stereocenters. The Morgan fingerprint density at radius 3 is 2.57 bits per heavy atom. The van der Waals surface area contributed by atoms with Gasteiger partial charge >= 0.3 is 0 Å². The van der Waals surface area contributed by atoms with E-state index in [9.17, 15) is 0 Å². The summed E-state index contributed by atoms with van der Waals surface area (Å²) in [5, 5.41) is 0. The second-order valence-corrected chi connectivity index (χ2v) is 4.57. The van der Waals surface area contributed by atoms with Gasteiger partial charge in [0.05, 0.1) is 12.1 Å². The molecule has 2 N–H and O–H groups in total. The summed E-state index contributed by atoms with van der Waals surface area (Å²) in [7, 11) is 0. The molecule has 2 nitrogen and oxygen atoms in total. The van der Waals surface area contributed by atoms with Crippen LogP contribution in [0.1, 0.15) is 12.0 Å². The molecule has 1 heterocycles. The van der Waals surface area contributed by atoms with E-state index in [0.29, 0.717) is 6.61 Å². The summed E-state index contributed by atoms with van der Waals surface area (Å²) in [5.74, 6) is 0. The maximum atomic E-state index is 6.24. The second-order valence-electron chi connectivity index (χ2n) is 3.69. The van der Waals surface area contributed by atoms with Gasteiger partial charge in [0.2, 0.25) is 0 Å². The minimum Gasteiger partial charge on any atom is -0.379 e. The highest BCUT2D eigenvalue weighted by atomic mass is 32.2. The summed E-state index contributed by atoms with van der Waals surface area (Å²) in [5.41, 5.74) is 7.17. The van der Waals surface area contributed by atoms with Gasteiger partial charge in [-0.25, -0.2) is 0 Å². The quantitative estimate of drug-likeness (QED) is 0.756. The third kappa shape index (κ3) is 1.80. The van der Waals surface area contributed by atoms with Crippen molar-refractivity contribution in [2.45, 2.75) is 16.9 Å². The number of ether oxygens (including phenoxy) is 1. The van der Waals surface area contributed by atoms with Gasteiger partial charge in [-0.15, -0.1) is 11.8 Å². The van der Waals surface area contributed by atoms with Crippen molar-refractivity contribution < 1.29 is 4.74 Å². The highest BCUT2D eigenvalue weighted by molar-refractivity contribution is 7.98. The van der Waals surface area contributed by atoms with Crippen LogP contribution in [0.5, 0.6) is 0 Å². The average Bonchev–Trinajstić information content (AvgIpc) is 2.67. The van der Waals surface area contributed by atoms with Crippen molar-refractivity contribution in [1.82, 2.24) is 0 Å². The van der Waals surface area contributed by atoms with Crippen molar-refractivity contribution in [3.63, 3.8) is 0 Å². The monoisotopic (exact) mass is 209 g/mol. The minimum absolute atomic E-state index is 0.253. The maximum absolute atomic E-state index is 6.24. The number of nitrogens with two attached hydrogens (primary N) is 1. The number of hydrogen-bond acceptors (Lipinski definition) is 3. The van der Waals surface area contributed by atoms with E-state index in [-0.39, 0.29) is 5.54 Å². The number of benzene rings is 1. The van der Waals surface area contributed by atoms with Crippen molar-refractivity contribution >= 4 is 11.8 Å². The molecule has 0 aliphatic carbocycles. The molecule has 1 saturated heterocycles. The van der Waals surface area contributed by atoms with Gasteiger partial charge < -0.3 is 10.5 Å². The number of thioether (sulfide) groups is 1. The Labute approximate surface area is 88.8 Å². The van der Waals surface area contributed by atoms with Crippen molar-refractivity contribution in [2.75, 3.05) is 19.5 Å². The van der Waals surface area contributed by atoms with Crippen molar-refractivity contribution in [2.24, 2.45) is 5.73 Å². The Morgan fingerprint density at radius 1 is 1.36 bits per heavy atom. The zero-order valence-electron chi connectivity index (χ0n) is 8.32. The van der Waals surface area contributed by atoms with Crippen LogP contribution in [0.2, 0.25) is 0 Å². The zero-order valence-corrected chi connectivity index (χ0v) is 9.14. The lowest BCUT2D eigenvalue weighted by molar-refractivity contribution is 0.178. The topological polar surface area (TPSA) is 35.2 Å². The first-order valence-corrected chi connectivity index (χ1v) is 5.98. The summed E-state index contributed by atoms with van der Waals surface area (Å²) >= 11 is 1.75. The molecule has 1 aliphatic rings. The smallest absolute Gasteiger partial charge is 0.0689 e. The average molecular weight is 209 g/mol. The van der Waals surface area contributed by atoms with Gasteiger partial charge in [-0.2, -0.15) is 0 Å². The first-order valence-electron chi connectivity index (χ1n) is 4.76. The van der Waals surface area contributed by atoms with E-state index in [1.165, 1.54) is 10.5 Å². The molecule has 0 bridgehead atoms.